The Kier molecular flexibility index (Phi) is 5.58. The van der Waals surface area contributed by atoms with Crippen molar-refractivity contribution in [3.63, 3.8) is 0 Å². The van der Waals surface area contributed by atoms with E-state index in [1.807, 2.05) is 54.6 Å². The van der Waals surface area contributed by atoms with Crippen molar-refractivity contribution >= 4 is 70.2 Å². The SMILES string of the molecule is O=C(COc1ccc2cc(Br)ccc2c1Br)Nc1ccc(Br)cc1. The summed E-state index contributed by atoms with van der Waals surface area (Å²) in [5, 5.41) is 4.91. The molecule has 0 aliphatic heterocycles. The van der Waals surface area contributed by atoms with E-state index in [1.54, 1.807) is 0 Å². The van der Waals surface area contributed by atoms with Crippen LogP contribution in [0.4, 0.5) is 5.69 Å². The molecule has 0 saturated heterocycles. The zero-order valence-corrected chi connectivity index (χ0v) is 17.1. The van der Waals surface area contributed by atoms with E-state index in [-0.39, 0.29) is 12.5 Å². The fourth-order valence-electron chi connectivity index (χ4n) is 2.23. The molecule has 3 aromatic carbocycles. The summed E-state index contributed by atoms with van der Waals surface area (Å²) in [5.74, 6) is 0.427. The molecule has 0 radical (unpaired) electrons. The third kappa shape index (κ3) is 4.18. The van der Waals surface area contributed by atoms with Crippen molar-refractivity contribution in [1.29, 1.82) is 0 Å². The van der Waals surface area contributed by atoms with Gasteiger partial charge in [-0.2, -0.15) is 0 Å². The Morgan fingerprint density at radius 3 is 2.38 bits per heavy atom. The largest absolute Gasteiger partial charge is 0.483 e. The van der Waals surface area contributed by atoms with Gasteiger partial charge in [-0.05, 0) is 69.2 Å². The second-order valence-electron chi connectivity index (χ2n) is 5.09. The fourth-order valence-corrected chi connectivity index (χ4v) is 3.48. The highest BCUT2D eigenvalue weighted by Crippen LogP contribution is 2.34. The molecule has 0 atom stereocenters. The summed E-state index contributed by atoms with van der Waals surface area (Å²) in [6.45, 7) is -0.0588. The average molecular weight is 514 g/mol. The van der Waals surface area contributed by atoms with Gasteiger partial charge in [0.1, 0.15) is 5.75 Å². The lowest BCUT2D eigenvalue weighted by Gasteiger charge is -2.11. The van der Waals surface area contributed by atoms with E-state index >= 15 is 0 Å². The lowest BCUT2D eigenvalue weighted by Crippen LogP contribution is -2.20. The van der Waals surface area contributed by atoms with E-state index in [2.05, 4.69) is 53.1 Å². The Morgan fingerprint density at radius 2 is 1.62 bits per heavy atom. The van der Waals surface area contributed by atoms with Crippen LogP contribution in [0.15, 0.2) is 68.0 Å². The molecule has 0 saturated carbocycles. The van der Waals surface area contributed by atoms with Crippen molar-refractivity contribution in [3.05, 3.63) is 68.0 Å². The number of hydrogen-bond acceptors (Lipinski definition) is 2. The van der Waals surface area contributed by atoms with Gasteiger partial charge in [0.05, 0.1) is 4.47 Å². The fraction of sp³-hybridized carbons (Fsp3) is 0.0556. The third-order valence-corrected chi connectivity index (χ3v) is 5.21. The highest BCUT2D eigenvalue weighted by molar-refractivity contribution is 9.11. The van der Waals surface area contributed by atoms with Gasteiger partial charge in [-0.15, -0.1) is 0 Å². The Hall–Kier alpha value is -1.37. The number of ether oxygens (including phenoxy) is 1. The van der Waals surface area contributed by atoms with Gasteiger partial charge < -0.3 is 10.1 Å². The molecule has 3 nitrogen and oxygen atoms in total. The highest BCUT2D eigenvalue weighted by Gasteiger charge is 2.09. The van der Waals surface area contributed by atoms with E-state index < -0.39 is 0 Å². The smallest absolute Gasteiger partial charge is 0.262 e. The molecule has 3 aromatic rings. The molecule has 3 rings (SSSR count). The predicted molar refractivity (Wildman–Crippen MR) is 108 cm³/mol. The topological polar surface area (TPSA) is 38.3 Å². The van der Waals surface area contributed by atoms with Gasteiger partial charge in [0.2, 0.25) is 0 Å². The zero-order valence-electron chi connectivity index (χ0n) is 12.4. The van der Waals surface area contributed by atoms with E-state index in [9.17, 15) is 4.79 Å². The van der Waals surface area contributed by atoms with Crippen molar-refractivity contribution in [2.75, 3.05) is 11.9 Å². The van der Waals surface area contributed by atoms with Crippen molar-refractivity contribution in [2.45, 2.75) is 0 Å². The maximum absolute atomic E-state index is 12.0. The van der Waals surface area contributed by atoms with Gasteiger partial charge in [0, 0.05) is 14.6 Å². The normalized spacial score (nSPS) is 10.6. The van der Waals surface area contributed by atoms with E-state index in [1.165, 1.54) is 0 Å². The van der Waals surface area contributed by atoms with Crippen LogP contribution >= 0.6 is 47.8 Å². The quantitative estimate of drug-likeness (QED) is 0.455. The molecule has 0 heterocycles. The number of anilines is 1. The van der Waals surface area contributed by atoms with Crippen LogP contribution < -0.4 is 10.1 Å². The molecule has 122 valence electrons. The van der Waals surface area contributed by atoms with E-state index in [4.69, 9.17) is 4.74 Å². The minimum Gasteiger partial charge on any atom is -0.483 e. The second kappa shape index (κ2) is 7.68. The lowest BCUT2D eigenvalue weighted by atomic mass is 10.1. The summed E-state index contributed by atoms with van der Waals surface area (Å²) in [7, 11) is 0. The molecule has 0 aromatic heterocycles. The number of fused-ring (bicyclic) bond motifs is 1. The molecule has 1 amide bonds. The molecule has 0 aliphatic carbocycles. The number of rotatable bonds is 4. The Bertz CT molecular complexity index is 895. The van der Waals surface area contributed by atoms with Gasteiger partial charge in [-0.25, -0.2) is 0 Å². The summed E-state index contributed by atoms with van der Waals surface area (Å²) >= 11 is 10.4. The van der Waals surface area contributed by atoms with Crippen LogP contribution in [0.25, 0.3) is 10.8 Å². The summed E-state index contributed by atoms with van der Waals surface area (Å²) in [6, 6.07) is 17.2. The molecule has 6 heteroatoms. The van der Waals surface area contributed by atoms with E-state index in [0.29, 0.717) is 5.75 Å². The Balaban J connectivity index is 1.69. The van der Waals surface area contributed by atoms with Crippen LogP contribution in [0.1, 0.15) is 0 Å². The van der Waals surface area contributed by atoms with Crippen molar-refractivity contribution in [1.82, 2.24) is 0 Å². The molecular formula is C18H12Br3NO2. The first-order valence-corrected chi connectivity index (χ1v) is 9.47. The van der Waals surface area contributed by atoms with Crippen LogP contribution in [0, 0.1) is 0 Å². The van der Waals surface area contributed by atoms with Crippen molar-refractivity contribution < 1.29 is 9.53 Å². The molecule has 24 heavy (non-hydrogen) atoms. The minimum atomic E-state index is -0.208. The van der Waals surface area contributed by atoms with Gasteiger partial charge in [0.25, 0.3) is 5.91 Å². The maximum Gasteiger partial charge on any atom is 0.262 e. The Morgan fingerprint density at radius 1 is 0.917 bits per heavy atom. The molecule has 0 aliphatic rings. The van der Waals surface area contributed by atoms with Gasteiger partial charge in [0.15, 0.2) is 6.61 Å². The first kappa shape index (κ1) is 17.5. The predicted octanol–water partition coefficient (Wildman–Crippen LogP) is 6.14. The highest BCUT2D eigenvalue weighted by atomic mass is 79.9. The monoisotopic (exact) mass is 511 g/mol. The molecular weight excluding hydrogens is 502 g/mol. The number of carbonyl (C=O) groups excluding carboxylic acids is 1. The molecule has 1 N–H and O–H groups in total. The first-order chi connectivity index (χ1) is 11.5. The number of nitrogens with one attached hydrogen (secondary N) is 1. The maximum atomic E-state index is 12.0. The van der Waals surface area contributed by atoms with Gasteiger partial charge in [-0.3, -0.25) is 4.79 Å². The number of halogens is 3. The van der Waals surface area contributed by atoms with Crippen molar-refractivity contribution in [2.24, 2.45) is 0 Å². The number of benzene rings is 3. The standard InChI is InChI=1S/C18H12Br3NO2/c19-12-2-5-14(6-3-12)22-17(23)10-24-16-8-1-11-9-13(20)4-7-15(11)18(16)21/h1-9H,10H2,(H,22,23). The van der Waals surface area contributed by atoms with Gasteiger partial charge in [-0.1, -0.05) is 44.0 Å². The Labute approximate surface area is 164 Å². The zero-order chi connectivity index (χ0) is 17.1. The first-order valence-electron chi connectivity index (χ1n) is 7.09. The van der Waals surface area contributed by atoms with Crippen LogP contribution in [-0.2, 0) is 4.79 Å². The number of hydrogen-bond donors (Lipinski definition) is 1. The average Bonchev–Trinajstić information content (AvgIpc) is 2.56. The molecule has 0 bridgehead atoms. The minimum absolute atomic E-state index is 0.0588. The van der Waals surface area contributed by atoms with Crippen molar-refractivity contribution in [3.8, 4) is 5.75 Å². The summed E-state index contributed by atoms with van der Waals surface area (Å²) < 4.78 is 8.47. The number of carbonyl (C=O) groups is 1. The summed E-state index contributed by atoms with van der Waals surface area (Å²) in [6.07, 6.45) is 0. The van der Waals surface area contributed by atoms with Crippen LogP contribution in [-0.4, -0.2) is 12.5 Å². The second-order valence-corrected chi connectivity index (χ2v) is 7.71. The van der Waals surface area contributed by atoms with Crippen LogP contribution in [0.5, 0.6) is 5.75 Å². The number of amides is 1. The van der Waals surface area contributed by atoms with Crippen LogP contribution in [0.3, 0.4) is 0 Å². The molecule has 0 unspecified atom stereocenters. The molecule has 0 spiro atoms. The summed E-state index contributed by atoms with van der Waals surface area (Å²) in [4.78, 5) is 12.0. The lowest BCUT2D eigenvalue weighted by molar-refractivity contribution is -0.118. The molecule has 0 fully saturated rings. The van der Waals surface area contributed by atoms with E-state index in [0.717, 1.165) is 29.9 Å². The summed E-state index contributed by atoms with van der Waals surface area (Å²) in [5.41, 5.74) is 0.731. The third-order valence-electron chi connectivity index (χ3n) is 3.37. The van der Waals surface area contributed by atoms with Gasteiger partial charge >= 0.3 is 0 Å². The van der Waals surface area contributed by atoms with Crippen LogP contribution in [0.2, 0.25) is 0 Å².